The molecule has 0 saturated heterocycles. The van der Waals surface area contributed by atoms with Gasteiger partial charge < -0.3 is 9.47 Å². The fraction of sp³-hybridized carbons (Fsp3) is 0.263. The van der Waals surface area contributed by atoms with E-state index in [9.17, 15) is 4.79 Å². The van der Waals surface area contributed by atoms with E-state index in [2.05, 4.69) is 10.5 Å². The number of amides is 1. The van der Waals surface area contributed by atoms with Crippen molar-refractivity contribution in [2.75, 3.05) is 13.2 Å². The van der Waals surface area contributed by atoms with Crippen LogP contribution in [0, 0.1) is 6.92 Å². The summed E-state index contributed by atoms with van der Waals surface area (Å²) in [6.45, 7) is 4.53. The van der Waals surface area contributed by atoms with Crippen LogP contribution in [0.2, 0.25) is 0 Å². The van der Waals surface area contributed by atoms with E-state index in [4.69, 9.17) is 9.47 Å². The predicted molar refractivity (Wildman–Crippen MR) is 94.6 cm³/mol. The van der Waals surface area contributed by atoms with Crippen molar-refractivity contribution in [2.45, 2.75) is 20.3 Å². The first-order valence-corrected chi connectivity index (χ1v) is 7.93. The van der Waals surface area contributed by atoms with Gasteiger partial charge in [0.2, 0.25) is 0 Å². The highest BCUT2D eigenvalue weighted by molar-refractivity contribution is 5.85. The Bertz CT molecular complexity index is 699. The molecule has 2 aromatic rings. The SMILES string of the molecule is CCCOc1ccccc1/C=N\NC(=O)COc1ccccc1C. The largest absolute Gasteiger partial charge is 0.493 e. The maximum atomic E-state index is 11.8. The molecule has 0 unspecified atom stereocenters. The van der Waals surface area contributed by atoms with Gasteiger partial charge >= 0.3 is 0 Å². The van der Waals surface area contributed by atoms with E-state index in [1.807, 2.05) is 62.4 Å². The average molecular weight is 326 g/mol. The van der Waals surface area contributed by atoms with Crippen LogP contribution in [-0.4, -0.2) is 25.3 Å². The lowest BCUT2D eigenvalue weighted by Gasteiger charge is -2.08. The van der Waals surface area contributed by atoms with Crippen LogP contribution in [0.25, 0.3) is 0 Å². The molecule has 0 radical (unpaired) electrons. The highest BCUT2D eigenvalue weighted by Crippen LogP contribution is 2.16. The van der Waals surface area contributed by atoms with Crippen LogP contribution in [0.3, 0.4) is 0 Å². The minimum absolute atomic E-state index is 0.0871. The first-order valence-electron chi connectivity index (χ1n) is 7.93. The quantitative estimate of drug-likeness (QED) is 0.598. The molecule has 0 atom stereocenters. The molecule has 0 aromatic heterocycles. The van der Waals surface area contributed by atoms with Crippen LogP contribution in [0.5, 0.6) is 11.5 Å². The Morgan fingerprint density at radius 2 is 1.79 bits per heavy atom. The molecule has 2 rings (SSSR count). The molecule has 0 heterocycles. The van der Waals surface area contributed by atoms with Gasteiger partial charge in [0.15, 0.2) is 6.61 Å². The van der Waals surface area contributed by atoms with Crippen LogP contribution < -0.4 is 14.9 Å². The van der Waals surface area contributed by atoms with Crippen LogP contribution in [0.1, 0.15) is 24.5 Å². The van der Waals surface area contributed by atoms with Crippen molar-refractivity contribution in [2.24, 2.45) is 5.10 Å². The number of carbonyl (C=O) groups is 1. The molecule has 0 spiro atoms. The normalized spacial score (nSPS) is 10.6. The summed E-state index contributed by atoms with van der Waals surface area (Å²) in [6, 6.07) is 15.1. The molecule has 5 heteroatoms. The monoisotopic (exact) mass is 326 g/mol. The predicted octanol–water partition coefficient (Wildman–Crippen LogP) is 3.31. The van der Waals surface area contributed by atoms with Crippen molar-refractivity contribution in [3.63, 3.8) is 0 Å². The number of hydrogen-bond acceptors (Lipinski definition) is 4. The summed E-state index contributed by atoms with van der Waals surface area (Å²) in [5, 5.41) is 3.96. The van der Waals surface area contributed by atoms with E-state index in [0.717, 1.165) is 23.3 Å². The molecular formula is C19H22N2O3. The van der Waals surface area contributed by atoms with Gasteiger partial charge in [-0.1, -0.05) is 37.3 Å². The molecule has 0 aliphatic heterocycles. The van der Waals surface area contributed by atoms with Gasteiger partial charge in [0, 0.05) is 5.56 Å². The zero-order valence-electron chi connectivity index (χ0n) is 14.0. The molecule has 2 aromatic carbocycles. The average Bonchev–Trinajstić information content (AvgIpc) is 2.60. The van der Waals surface area contributed by atoms with Crippen molar-refractivity contribution < 1.29 is 14.3 Å². The Morgan fingerprint density at radius 1 is 1.08 bits per heavy atom. The molecule has 0 aliphatic rings. The first kappa shape index (κ1) is 17.5. The zero-order chi connectivity index (χ0) is 17.2. The van der Waals surface area contributed by atoms with E-state index < -0.39 is 0 Å². The molecular weight excluding hydrogens is 304 g/mol. The second-order valence-corrected chi connectivity index (χ2v) is 5.23. The number of hydrogen-bond donors (Lipinski definition) is 1. The lowest BCUT2D eigenvalue weighted by Crippen LogP contribution is -2.24. The first-order chi connectivity index (χ1) is 11.7. The van der Waals surface area contributed by atoms with Crippen molar-refractivity contribution in [3.05, 3.63) is 59.7 Å². The van der Waals surface area contributed by atoms with Gasteiger partial charge in [-0.2, -0.15) is 5.10 Å². The van der Waals surface area contributed by atoms with Gasteiger partial charge in [0.25, 0.3) is 5.91 Å². The molecule has 126 valence electrons. The molecule has 0 bridgehead atoms. The maximum Gasteiger partial charge on any atom is 0.277 e. The summed E-state index contributed by atoms with van der Waals surface area (Å²) in [6.07, 6.45) is 2.50. The lowest BCUT2D eigenvalue weighted by molar-refractivity contribution is -0.123. The summed E-state index contributed by atoms with van der Waals surface area (Å²) >= 11 is 0. The van der Waals surface area contributed by atoms with E-state index >= 15 is 0 Å². The van der Waals surface area contributed by atoms with Gasteiger partial charge in [-0.15, -0.1) is 0 Å². The lowest BCUT2D eigenvalue weighted by atomic mass is 10.2. The molecule has 24 heavy (non-hydrogen) atoms. The van der Waals surface area contributed by atoms with Gasteiger partial charge in [-0.3, -0.25) is 4.79 Å². The number of benzene rings is 2. The Hall–Kier alpha value is -2.82. The summed E-state index contributed by atoms with van der Waals surface area (Å²) in [5.41, 5.74) is 4.25. The molecule has 0 aliphatic carbocycles. The van der Waals surface area contributed by atoms with E-state index in [1.165, 1.54) is 0 Å². The van der Waals surface area contributed by atoms with E-state index in [-0.39, 0.29) is 12.5 Å². The molecule has 0 fully saturated rings. The number of aryl methyl sites for hydroxylation is 1. The number of para-hydroxylation sites is 2. The number of ether oxygens (including phenoxy) is 2. The highest BCUT2D eigenvalue weighted by atomic mass is 16.5. The maximum absolute atomic E-state index is 11.8. The molecule has 0 saturated carbocycles. The third-order valence-corrected chi connectivity index (χ3v) is 3.23. The Morgan fingerprint density at radius 3 is 2.54 bits per heavy atom. The summed E-state index contributed by atoms with van der Waals surface area (Å²) < 4.78 is 11.1. The minimum atomic E-state index is -0.318. The topological polar surface area (TPSA) is 59.9 Å². The van der Waals surface area contributed by atoms with Gasteiger partial charge in [0.05, 0.1) is 12.8 Å². The Balaban J connectivity index is 1.85. The summed E-state index contributed by atoms with van der Waals surface area (Å²) in [7, 11) is 0. The van der Waals surface area contributed by atoms with Crippen molar-refractivity contribution in [1.29, 1.82) is 0 Å². The minimum Gasteiger partial charge on any atom is -0.493 e. The van der Waals surface area contributed by atoms with Crippen molar-refractivity contribution >= 4 is 12.1 Å². The number of carbonyl (C=O) groups excluding carboxylic acids is 1. The third kappa shape index (κ3) is 5.43. The van der Waals surface area contributed by atoms with E-state index in [1.54, 1.807) is 6.21 Å². The summed E-state index contributed by atoms with van der Waals surface area (Å²) in [4.78, 5) is 11.8. The fourth-order valence-corrected chi connectivity index (χ4v) is 2.00. The van der Waals surface area contributed by atoms with Gasteiger partial charge in [-0.05, 0) is 37.1 Å². The van der Waals surface area contributed by atoms with Crippen molar-refractivity contribution in [3.8, 4) is 11.5 Å². The van der Waals surface area contributed by atoms with Crippen LogP contribution >= 0.6 is 0 Å². The number of nitrogens with zero attached hydrogens (tertiary/aromatic N) is 1. The summed E-state index contributed by atoms with van der Waals surface area (Å²) in [5.74, 6) is 1.12. The number of rotatable bonds is 8. The Labute approximate surface area is 142 Å². The fourth-order valence-electron chi connectivity index (χ4n) is 2.00. The Kier molecular flexibility index (Phi) is 6.83. The molecule has 5 nitrogen and oxygen atoms in total. The van der Waals surface area contributed by atoms with E-state index in [0.29, 0.717) is 12.4 Å². The molecule has 1 N–H and O–H groups in total. The second-order valence-electron chi connectivity index (χ2n) is 5.23. The third-order valence-electron chi connectivity index (χ3n) is 3.23. The standard InChI is InChI=1S/C19H22N2O3/c1-3-12-23-18-11-7-5-9-16(18)13-20-21-19(22)14-24-17-10-6-4-8-15(17)2/h4-11,13H,3,12,14H2,1-2H3,(H,21,22)/b20-13-. The van der Waals surface area contributed by atoms with Crippen LogP contribution in [-0.2, 0) is 4.79 Å². The second kappa shape index (κ2) is 9.35. The van der Waals surface area contributed by atoms with Crippen molar-refractivity contribution in [1.82, 2.24) is 5.43 Å². The smallest absolute Gasteiger partial charge is 0.277 e. The van der Waals surface area contributed by atoms with Gasteiger partial charge in [0.1, 0.15) is 11.5 Å². The van der Waals surface area contributed by atoms with Crippen LogP contribution in [0.4, 0.5) is 0 Å². The number of hydrazone groups is 1. The highest BCUT2D eigenvalue weighted by Gasteiger charge is 2.04. The number of nitrogens with one attached hydrogen (secondary N) is 1. The van der Waals surface area contributed by atoms with Crippen LogP contribution in [0.15, 0.2) is 53.6 Å². The van der Waals surface area contributed by atoms with Gasteiger partial charge in [-0.25, -0.2) is 5.43 Å². The molecule has 1 amide bonds. The zero-order valence-corrected chi connectivity index (χ0v) is 14.0.